The van der Waals surface area contributed by atoms with Crippen LogP contribution in [0, 0.1) is 6.92 Å². The molecule has 7 nitrogen and oxygen atoms in total. The monoisotopic (exact) mass is 538 g/mol. The number of hydrogen-bond acceptors (Lipinski definition) is 5. The molecule has 0 fully saturated rings. The molecule has 0 aliphatic carbocycles. The Bertz CT molecular complexity index is 1420. The zero-order chi connectivity index (χ0) is 28.5. The Morgan fingerprint density at radius 1 is 0.750 bits per heavy atom. The van der Waals surface area contributed by atoms with E-state index in [-0.39, 0.29) is 24.8 Å². The molecule has 0 heterocycles. The number of aryl methyl sites for hydroxylation is 1. The quantitative estimate of drug-likeness (QED) is 0.255. The number of nitrogens with one attached hydrogen (secondary N) is 1. The fourth-order valence-corrected chi connectivity index (χ4v) is 4.45. The van der Waals surface area contributed by atoms with Crippen LogP contribution in [0.5, 0.6) is 17.2 Å². The van der Waals surface area contributed by atoms with Crippen molar-refractivity contribution in [1.82, 2.24) is 4.90 Å². The summed E-state index contributed by atoms with van der Waals surface area (Å²) in [4.78, 5) is 29.7. The van der Waals surface area contributed by atoms with Crippen LogP contribution >= 0.6 is 0 Å². The summed E-state index contributed by atoms with van der Waals surface area (Å²) in [6.45, 7) is 2.26. The van der Waals surface area contributed by atoms with Gasteiger partial charge >= 0.3 is 0 Å². The van der Waals surface area contributed by atoms with Crippen LogP contribution < -0.4 is 19.5 Å². The first-order chi connectivity index (χ1) is 19.4. The van der Waals surface area contributed by atoms with Crippen molar-refractivity contribution in [3.8, 4) is 17.2 Å². The highest BCUT2D eigenvalue weighted by molar-refractivity contribution is 5.99. The number of carbonyl (C=O) groups is 2. The minimum Gasteiger partial charge on any atom is -0.497 e. The first-order valence-electron chi connectivity index (χ1n) is 13.0. The largest absolute Gasteiger partial charge is 0.497 e. The van der Waals surface area contributed by atoms with E-state index >= 15 is 0 Å². The van der Waals surface area contributed by atoms with Gasteiger partial charge in [0.25, 0.3) is 5.91 Å². The van der Waals surface area contributed by atoms with Gasteiger partial charge in [0, 0.05) is 12.6 Å². The molecule has 1 unspecified atom stereocenters. The summed E-state index contributed by atoms with van der Waals surface area (Å²) in [6, 6.07) is 28.9. The molecule has 1 atom stereocenters. The van der Waals surface area contributed by atoms with Gasteiger partial charge in [0.1, 0.15) is 23.3 Å². The van der Waals surface area contributed by atoms with Crippen molar-refractivity contribution >= 4 is 17.5 Å². The smallest absolute Gasteiger partial charge is 0.251 e. The van der Waals surface area contributed by atoms with Crippen molar-refractivity contribution in [1.29, 1.82) is 0 Å². The van der Waals surface area contributed by atoms with E-state index < -0.39 is 6.04 Å². The van der Waals surface area contributed by atoms with Crippen LogP contribution in [0.15, 0.2) is 97.1 Å². The molecule has 0 radical (unpaired) electrons. The van der Waals surface area contributed by atoms with Crippen LogP contribution in [-0.4, -0.2) is 38.0 Å². The number of hydrogen-bond donors (Lipinski definition) is 1. The summed E-state index contributed by atoms with van der Waals surface area (Å²) < 4.78 is 16.1. The standard InChI is InChI=1S/C33H34N2O5/c1-23-10-12-25(13-11-23)22-35(31(36)20-24-8-6-5-7-9-24)32(26-14-16-27(38-2)17-15-26)33(37)34-29-19-18-28(39-3)21-30(29)40-4/h5-19,21,32H,20,22H2,1-4H3,(H,34,37). The number of anilines is 1. The van der Waals surface area contributed by atoms with E-state index in [9.17, 15) is 9.59 Å². The van der Waals surface area contributed by atoms with Crippen molar-refractivity contribution < 1.29 is 23.8 Å². The molecule has 1 N–H and O–H groups in total. The third kappa shape index (κ3) is 6.99. The summed E-state index contributed by atoms with van der Waals surface area (Å²) >= 11 is 0. The van der Waals surface area contributed by atoms with Crippen LogP contribution in [0.25, 0.3) is 0 Å². The molecular formula is C33H34N2O5. The number of methoxy groups -OCH3 is 3. The summed E-state index contributed by atoms with van der Waals surface area (Å²) in [6.07, 6.45) is 0.151. The molecule has 0 bridgehead atoms. The highest BCUT2D eigenvalue weighted by Crippen LogP contribution is 2.32. The lowest BCUT2D eigenvalue weighted by Crippen LogP contribution is -2.41. The Morgan fingerprint density at radius 2 is 1.40 bits per heavy atom. The molecule has 0 aromatic heterocycles. The molecule has 0 aliphatic rings. The van der Waals surface area contributed by atoms with Crippen LogP contribution in [0.4, 0.5) is 5.69 Å². The molecule has 206 valence electrons. The van der Waals surface area contributed by atoms with Gasteiger partial charge in [-0.1, -0.05) is 72.3 Å². The fourth-order valence-electron chi connectivity index (χ4n) is 4.45. The lowest BCUT2D eigenvalue weighted by Gasteiger charge is -2.32. The zero-order valence-electron chi connectivity index (χ0n) is 23.2. The second-order valence-electron chi connectivity index (χ2n) is 9.40. The van der Waals surface area contributed by atoms with E-state index in [4.69, 9.17) is 14.2 Å². The predicted molar refractivity (Wildman–Crippen MR) is 156 cm³/mol. The maximum atomic E-state index is 14.1. The summed E-state index contributed by atoms with van der Waals surface area (Å²) in [5.41, 5.74) is 4.02. The van der Waals surface area contributed by atoms with Gasteiger partial charge in [0.2, 0.25) is 5.91 Å². The van der Waals surface area contributed by atoms with Crippen molar-refractivity contribution in [2.45, 2.75) is 25.9 Å². The number of nitrogens with zero attached hydrogens (tertiary/aromatic N) is 1. The highest BCUT2D eigenvalue weighted by Gasteiger charge is 2.32. The number of amides is 2. The van der Waals surface area contributed by atoms with Crippen LogP contribution in [0.2, 0.25) is 0 Å². The first kappa shape index (κ1) is 28.2. The van der Waals surface area contributed by atoms with Crippen molar-refractivity contribution in [2.75, 3.05) is 26.6 Å². The van der Waals surface area contributed by atoms with Gasteiger partial charge < -0.3 is 24.4 Å². The molecule has 40 heavy (non-hydrogen) atoms. The molecule has 0 saturated heterocycles. The SMILES string of the molecule is COc1ccc(C(C(=O)Nc2ccc(OC)cc2OC)N(Cc2ccc(C)cc2)C(=O)Cc2ccccc2)cc1. The minimum atomic E-state index is -0.935. The Morgan fingerprint density at radius 3 is 2.02 bits per heavy atom. The second-order valence-corrected chi connectivity index (χ2v) is 9.40. The number of benzene rings is 4. The van der Waals surface area contributed by atoms with Crippen molar-refractivity contribution in [2.24, 2.45) is 0 Å². The van der Waals surface area contributed by atoms with Crippen LogP contribution in [-0.2, 0) is 22.6 Å². The molecule has 0 aliphatic heterocycles. The maximum Gasteiger partial charge on any atom is 0.251 e. The number of carbonyl (C=O) groups excluding carboxylic acids is 2. The third-order valence-corrected chi connectivity index (χ3v) is 6.65. The van der Waals surface area contributed by atoms with E-state index in [1.807, 2.05) is 73.7 Å². The molecule has 0 spiro atoms. The first-order valence-corrected chi connectivity index (χ1v) is 13.0. The van der Waals surface area contributed by atoms with Crippen molar-refractivity contribution in [3.63, 3.8) is 0 Å². The van der Waals surface area contributed by atoms with Crippen molar-refractivity contribution in [3.05, 3.63) is 119 Å². The van der Waals surface area contributed by atoms with E-state index in [0.29, 0.717) is 28.5 Å². The van der Waals surface area contributed by atoms with Gasteiger partial charge in [-0.25, -0.2) is 0 Å². The van der Waals surface area contributed by atoms with Crippen LogP contribution in [0.1, 0.15) is 28.3 Å². The Kier molecular flexibility index (Phi) is 9.41. The Balaban J connectivity index is 1.76. The van der Waals surface area contributed by atoms with Gasteiger partial charge in [-0.15, -0.1) is 0 Å². The molecular weight excluding hydrogens is 504 g/mol. The molecule has 4 aromatic rings. The zero-order valence-corrected chi connectivity index (χ0v) is 23.2. The van der Waals surface area contributed by atoms with E-state index in [1.165, 1.54) is 7.11 Å². The van der Waals surface area contributed by atoms with E-state index in [2.05, 4.69) is 5.32 Å². The van der Waals surface area contributed by atoms with Gasteiger partial charge in [0.05, 0.1) is 33.4 Å². The number of ether oxygens (including phenoxy) is 3. The molecule has 4 aromatic carbocycles. The Labute approximate surface area is 235 Å². The normalized spacial score (nSPS) is 11.3. The van der Waals surface area contributed by atoms with E-state index in [0.717, 1.165) is 16.7 Å². The maximum absolute atomic E-state index is 14.1. The molecule has 4 rings (SSSR count). The van der Waals surface area contributed by atoms with Gasteiger partial charge in [-0.2, -0.15) is 0 Å². The third-order valence-electron chi connectivity index (χ3n) is 6.65. The average molecular weight is 539 g/mol. The number of rotatable bonds is 11. The van der Waals surface area contributed by atoms with Gasteiger partial charge in [-0.3, -0.25) is 9.59 Å². The van der Waals surface area contributed by atoms with E-state index in [1.54, 1.807) is 49.5 Å². The van der Waals surface area contributed by atoms with Gasteiger partial charge in [0.15, 0.2) is 0 Å². The topological polar surface area (TPSA) is 77.1 Å². The average Bonchev–Trinajstić information content (AvgIpc) is 2.98. The lowest BCUT2D eigenvalue weighted by molar-refractivity contribution is -0.139. The van der Waals surface area contributed by atoms with Gasteiger partial charge in [-0.05, 0) is 47.9 Å². The molecule has 0 saturated carbocycles. The molecule has 2 amide bonds. The molecule has 7 heteroatoms. The highest BCUT2D eigenvalue weighted by atomic mass is 16.5. The summed E-state index contributed by atoms with van der Waals surface area (Å²) in [5.74, 6) is 1.15. The predicted octanol–water partition coefficient (Wildman–Crippen LogP) is 5.97. The second kappa shape index (κ2) is 13.3. The Hall–Kier alpha value is -4.78. The van der Waals surface area contributed by atoms with Crippen LogP contribution in [0.3, 0.4) is 0 Å². The summed E-state index contributed by atoms with van der Waals surface area (Å²) in [5, 5.41) is 2.99. The lowest BCUT2D eigenvalue weighted by atomic mass is 10.0. The fraction of sp³-hybridized carbons (Fsp3) is 0.212. The summed E-state index contributed by atoms with van der Waals surface area (Å²) in [7, 11) is 4.68. The minimum absolute atomic E-state index is 0.151.